The molecule has 1 aliphatic heterocycles. The molecule has 1 heterocycles. The van der Waals surface area contributed by atoms with Crippen LogP contribution < -0.4 is 5.32 Å². The molecule has 13 heavy (non-hydrogen) atoms. The number of halogens is 2. The Morgan fingerprint density at radius 3 is 2.54 bits per heavy atom. The van der Waals surface area contributed by atoms with Crippen molar-refractivity contribution >= 4 is 23.2 Å². The van der Waals surface area contributed by atoms with Gasteiger partial charge in [0.1, 0.15) is 0 Å². The van der Waals surface area contributed by atoms with Crippen LogP contribution in [0.4, 0.5) is 0 Å². The monoisotopic (exact) mass is 215 g/mol. The van der Waals surface area contributed by atoms with Gasteiger partial charge in [0, 0.05) is 28.5 Å². The van der Waals surface area contributed by atoms with Crippen molar-refractivity contribution in [1.29, 1.82) is 0 Å². The molecule has 1 fully saturated rings. The van der Waals surface area contributed by atoms with Crippen LogP contribution in [0.1, 0.15) is 12.5 Å². The maximum atomic E-state index is 6.11. The van der Waals surface area contributed by atoms with E-state index < -0.39 is 0 Å². The minimum atomic E-state index is 0.169. The molecule has 0 aliphatic carbocycles. The molecule has 3 heteroatoms. The van der Waals surface area contributed by atoms with Gasteiger partial charge in [0.15, 0.2) is 0 Å². The molecular formula is C10H11Cl2N. The summed E-state index contributed by atoms with van der Waals surface area (Å²) >= 11 is 12.0. The number of rotatable bonds is 1. The molecule has 0 bridgehead atoms. The standard InChI is InChI=1S/C10H11Cl2N/c1-10(5-13-6-10)8-4-7(11)2-3-9(8)12/h2-4,13H,5-6H2,1H3. The van der Waals surface area contributed by atoms with Crippen molar-refractivity contribution in [3.63, 3.8) is 0 Å². The van der Waals surface area contributed by atoms with Gasteiger partial charge in [-0.25, -0.2) is 0 Å². The third kappa shape index (κ3) is 1.56. The highest BCUT2D eigenvalue weighted by Gasteiger charge is 2.35. The van der Waals surface area contributed by atoms with Gasteiger partial charge < -0.3 is 5.32 Å². The van der Waals surface area contributed by atoms with Crippen molar-refractivity contribution in [3.8, 4) is 0 Å². The second-order valence-corrected chi connectivity index (χ2v) is 4.63. The molecule has 0 aromatic heterocycles. The minimum Gasteiger partial charge on any atom is -0.315 e. The normalized spacial score (nSPS) is 19.6. The molecule has 1 aromatic rings. The largest absolute Gasteiger partial charge is 0.315 e. The van der Waals surface area contributed by atoms with Gasteiger partial charge in [-0.1, -0.05) is 30.1 Å². The number of hydrogen-bond donors (Lipinski definition) is 1. The number of hydrogen-bond acceptors (Lipinski definition) is 1. The molecule has 1 nitrogen and oxygen atoms in total. The van der Waals surface area contributed by atoms with Crippen LogP contribution in [0, 0.1) is 0 Å². The molecule has 0 saturated carbocycles. The van der Waals surface area contributed by atoms with Gasteiger partial charge in [-0.2, -0.15) is 0 Å². The van der Waals surface area contributed by atoms with Crippen molar-refractivity contribution in [2.75, 3.05) is 13.1 Å². The van der Waals surface area contributed by atoms with Crippen LogP contribution in [0.3, 0.4) is 0 Å². The van der Waals surface area contributed by atoms with Gasteiger partial charge in [-0.15, -0.1) is 0 Å². The highest BCUT2D eigenvalue weighted by molar-refractivity contribution is 6.33. The van der Waals surface area contributed by atoms with E-state index in [-0.39, 0.29) is 5.41 Å². The highest BCUT2D eigenvalue weighted by atomic mass is 35.5. The Bertz CT molecular complexity index is 332. The summed E-state index contributed by atoms with van der Waals surface area (Å²) in [7, 11) is 0. The van der Waals surface area contributed by atoms with E-state index in [4.69, 9.17) is 23.2 Å². The van der Waals surface area contributed by atoms with Gasteiger partial charge in [0.25, 0.3) is 0 Å². The fraction of sp³-hybridized carbons (Fsp3) is 0.400. The Kier molecular flexibility index (Phi) is 2.26. The van der Waals surface area contributed by atoms with Crippen LogP contribution in [-0.4, -0.2) is 13.1 Å². The molecule has 1 saturated heterocycles. The molecule has 0 radical (unpaired) electrons. The zero-order valence-electron chi connectivity index (χ0n) is 7.40. The predicted octanol–water partition coefficient (Wildman–Crippen LogP) is 2.85. The summed E-state index contributed by atoms with van der Waals surface area (Å²) in [5.74, 6) is 0. The lowest BCUT2D eigenvalue weighted by atomic mass is 9.77. The predicted molar refractivity (Wildman–Crippen MR) is 56.7 cm³/mol. The molecule has 1 aromatic carbocycles. The van der Waals surface area contributed by atoms with Crippen molar-refractivity contribution in [3.05, 3.63) is 33.8 Å². The second-order valence-electron chi connectivity index (χ2n) is 3.79. The van der Waals surface area contributed by atoms with Gasteiger partial charge in [-0.05, 0) is 23.8 Å². The molecule has 2 rings (SSSR count). The third-order valence-electron chi connectivity index (χ3n) is 2.61. The zero-order valence-corrected chi connectivity index (χ0v) is 8.91. The first-order valence-electron chi connectivity index (χ1n) is 4.28. The lowest BCUT2D eigenvalue weighted by Crippen LogP contribution is -2.54. The number of nitrogens with one attached hydrogen (secondary N) is 1. The first-order chi connectivity index (χ1) is 6.12. The van der Waals surface area contributed by atoms with E-state index in [1.807, 2.05) is 18.2 Å². The Hall–Kier alpha value is -0.240. The van der Waals surface area contributed by atoms with E-state index in [1.165, 1.54) is 0 Å². The average Bonchev–Trinajstić information content (AvgIpc) is 2.05. The van der Waals surface area contributed by atoms with E-state index in [1.54, 1.807) is 0 Å². The maximum absolute atomic E-state index is 6.11. The molecule has 0 spiro atoms. The lowest BCUT2D eigenvalue weighted by molar-refractivity contribution is 0.306. The van der Waals surface area contributed by atoms with Crippen LogP contribution in [0.25, 0.3) is 0 Å². The smallest absolute Gasteiger partial charge is 0.0445 e. The lowest BCUT2D eigenvalue weighted by Gasteiger charge is -2.40. The first-order valence-corrected chi connectivity index (χ1v) is 5.04. The van der Waals surface area contributed by atoms with Crippen LogP contribution in [-0.2, 0) is 5.41 Å². The summed E-state index contributed by atoms with van der Waals surface area (Å²) in [6, 6.07) is 5.65. The summed E-state index contributed by atoms with van der Waals surface area (Å²) in [6.07, 6.45) is 0. The fourth-order valence-corrected chi connectivity index (χ4v) is 2.17. The molecule has 1 aliphatic rings. The SMILES string of the molecule is CC1(c2cc(Cl)ccc2Cl)CNC1. The van der Waals surface area contributed by atoms with Crippen LogP contribution >= 0.6 is 23.2 Å². The Labute approximate surface area is 88.0 Å². The Morgan fingerprint density at radius 2 is 2.00 bits per heavy atom. The van der Waals surface area contributed by atoms with E-state index >= 15 is 0 Å². The third-order valence-corrected chi connectivity index (χ3v) is 3.17. The van der Waals surface area contributed by atoms with Crippen molar-refractivity contribution in [2.24, 2.45) is 0 Å². The maximum Gasteiger partial charge on any atom is 0.0445 e. The Morgan fingerprint density at radius 1 is 1.31 bits per heavy atom. The van der Waals surface area contributed by atoms with Crippen molar-refractivity contribution in [2.45, 2.75) is 12.3 Å². The van der Waals surface area contributed by atoms with E-state index in [0.29, 0.717) is 0 Å². The fourth-order valence-electron chi connectivity index (χ4n) is 1.65. The summed E-state index contributed by atoms with van der Waals surface area (Å²) in [6.45, 7) is 4.15. The molecule has 0 amide bonds. The minimum absolute atomic E-state index is 0.169. The van der Waals surface area contributed by atoms with E-state index in [2.05, 4.69) is 12.2 Å². The summed E-state index contributed by atoms with van der Waals surface area (Å²) < 4.78 is 0. The van der Waals surface area contributed by atoms with Gasteiger partial charge in [-0.3, -0.25) is 0 Å². The van der Waals surface area contributed by atoms with Gasteiger partial charge in [0.05, 0.1) is 0 Å². The van der Waals surface area contributed by atoms with Crippen LogP contribution in [0.15, 0.2) is 18.2 Å². The van der Waals surface area contributed by atoms with Crippen LogP contribution in [0.5, 0.6) is 0 Å². The summed E-state index contributed by atoms with van der Waals surface area (Å²) in [4.78, 5) is 0. The zero-order chi connectivity index (χ0) is 9.47. The first kappa shape index (κ1) is 9.32. The van der Waals surface area contributed by atoms with Gasteiger partial charge >= 0.3 is 0 Å². The quantitative estimate of drug-likeness (QED) is 0.761. The second kappa shape index (κ2) is 3.16. The summed E-state index contributed by atoms with van der Waals surface area (Å²) in [5.41, 5.74) is 1.32. The van der Waals surface area contributed by atoms with E-state index in [9.17, 15) is 0 Å². The van der Waals surface area contributed by atoms with Gasteiger partial charge in [0.2, 0.25) is 0 Å². The van der Waals surface area contributed by atoms with Crippen LogP contribution in [0.2, 0.25) is 10.0 Å². The molecule has 1 N–H and O–H groups in total. The topological polar surface area (TPSA) is 12.0 Å². The average molecular weight is 216 g/mol. The molecule has 70 valence electrons. The molecule has 0 atom stereocenters. The molecular weight excluding hydrogens is 205 g/mol. The highest BCUT2D eigenvalue weighted by Crippen LogP contribution is 2.34. The van der Waals surface area contributed by atoms with Crippen molar-refractivity contribution < 1.29 is 0 Å². The molecule has 0 unspecified atom stereocenters. The summed E-state index contributed by atoms with van der Waals surface area (Å²) in [5, 5.41) is 4.82. The Balaban J connectivity index is 2.43. The van der Waals surface area contributed by atoms with Crippen molar-refractivity contribution in [1.82, 2.24) is 5.32 Å². The van der Waals surface area contributed by atoms with E-state index in [0.717, 1.165) is 28.7 Å². The number of benzene rings is 1.